The van der Waals surface area contributed by atoms with Crippen molar-refractivity contribution in [3.8, 4) is 0 Å². The van der Waals surface area contributed by atoms with Crippen molar-refractivity contribution in [3.05, 3.63) is 89.5 Å². The molecule has 0 unspecified atom stereocenters. The van der Waals surface area contributed by atoms with Gasteiger partial charge in [0, 0.05) is 14.2 Å². The van der Waals surface area contributed by atoms with E-state index in [1.165, 1.54) is 6.08 Å². The number of rotatable bonds is 23. The molecule has 2 rings (SSSR count). The first kappa shape index (κ1) is 34.8. The molecule has 0 atom stereocenters. The van der Waals surface area contributed by atoms with Crippen LogP contribution in [0.3, 0.4) is 0 Å². The fraction of sp³-hybridized carbons (Fsp3) is 0.438. The van der Waals surface area contributed by atoms with E-state index in [0.717, 1.165) is 16.7 Å². The van der Waals surface area contributed by atoms with Gasteiger partial charge in [0.25, 0.3) is 0 Å². The molecule has 0 fully saturated rings. The molecule has 2 aromatic carbocycles. The fourth-order valence-electron chi connectivity index (χ4n) is 3.45. The minimum absolute atomic E-state index is 0.0400. The maximum atomic E-state index is 13.0. The summed E-state index contributed by atoms with van der Waals surface area (Å²) in [6.07, 6.45) is 3.14. The minimum atomic E-state index is -0.816. The first-order valence-electron chi connectivity index (χ1n) is 13.8. The lowest BCUT2D eigenvalue weighted by molar-refractivity contribution is -0.148. The molecule has 42 heavy (non-hydrogen) atoms. The number of benzene rings is 2. The lowest BCUT2D eigenvalue weighted by atomic mass is 9.97. The molecule has 10 heteroatoms. The fourth-order valence-corrected chi connectivity index (χ4v) is 3.45. The van der Waals surface area contributed by atoms with E-state index in [-0.39, 0.29) is 32.0 Å². The van der Waals surface area contributed by atoms with E-state index in [9.17, 15) is 9.59 Å². The van der Waals surface area contributed by atoms with Gasteiger partial charge in [0.05, 0.1) is 66.1 Å². The summed E-state index contributed by atoms with van der Waals surface area (Å²) >= 11 is 0. The van der Waals surface area contributed by atoms with E-state index in [1.807, 2.05) is 60.7 Å². The molecule has 230 valence electrons. The lowest BCUT2D eigenvalue weighted by Gasteiger charge is -2.11. The number of hydrogen-bond donors (Lipinski definition) is 0. The SMILES string of the molecule is COCCOCCOCCOC(=O)C(=CC=C(c1ccccc1)c1ccccc1)C(=O)OCCOCCOCCOC. The zero-order chi connectivity index (χ0) is 30.1. The second-order valence-corrected chi connectivity index (χ2v) is 8.60. The summed E-state index contributed by atoms with van der Waals surface area (Å²) in [6, 6.07) is 19.3. The Morgan fingerprint density at radius 2 is 0.857 bits per heavy atom. The Morgan fingerprint density at radius 3 is 1.24 bits per heavy atom. The molecule has 0 saturated carbocycles. The molecule has 0 amide bonds. The van der Waals surface area contributed by atoms with Crippen LogP contribution < -0.4 is 0 Å². The summed E-state index contributed by atoms with van der Waals surface area (Å²) in [5, 5.41) is 0. The molecule has 0 spiro atoms. The molecule has 0 aliphatic carbocycles. The van der Waals surface area contributed by atoms with Crippen LogP contribution in [-0.4, -0.2) is 105 Å². The van der Waals surface area contributed by atoms with Crippen LogP contribution in [0.2, 0.25) is 0 Å². The zero-order valence-electron chi connectivity index (χ0n) is 24.5. The van der Waals surface area contributed by atoms with Crippen molar-refractivity contribution >= 4 is 17.5 Å². The van der Waals surface area contributed by atoms with Crippen LogP contribution in [0.25, 0.3) is 5.57 Å². The van der Waals surface area contributed by atoms with Crippen LogP contribution in [0.15, 0.2) is 78.4 Å². The maximum Gasteiger partial charge on any atom is 0.345 e. The van der Waals surface area contributed by atoms with Gasteiger partial charge in [0.2, 0.25) is 0 Å². The van der Waals surface area contributed by atoms with E-state index >= 15 is 0 Å². The molecule has 0 heterocycles. The molecule has 0 saturated heterocycles. The quantitative estimate of drug-likeness (QED) is 0.0480. The highest BCUT2D eigenvalue weighted by molar-refractivity contribution is 6.14. The Morgan fingerprint density at radius 1 is 0.500 bits per heavy atom. The highest BCUT2D eigenvalue weighted by Gasteiger charge is 2.21. The van der Waals surface area contributed by atoms with E-state index in [2.05, 4.69) is 0 Å². The van der Waals surface area contributed by atoms with E-state index in [4.69, 9.17) is 37.9 Å². The predicted molar refractivity (Wildman–Crippen MR) is 157 cm³/mol. The molecule has 0 bridgehead atoms. The van der Waals surface area contributed by atoms with E-state index in [0.29, 0.717) is 52.9 Å². The first-order valence-corrected chi connectivity index (χ1v) is 13.8. The van der Waals surface area contributed by atoms with Crippen molar-refractivity contribution in [1.29, 1.82) is 0 Å². The summed E-state index contributed by atoms with van der Waals surface area (Å²) in [5.41, 5.74) is 2.42. The molecule has 0 aliphatic rings. The van der Waals surface area contributed by atoms with Gasteiger partial charge >= 0.3 is 11.9 Å². The van der Waals surface area contributed by atoms with Gasteiger partial charge in [-0.1, -0.05) is 66.7 Å². The topological polar surface area (TPSA) is 108 Å². The average molecular weight is 587 g/mol. The molecule has 10 nitrogen and oxygen atoms in total. The number of hydrogen-bond acceptors (Lipinski definition) is 10. The summed E-state index contributed by atoms with van der Waals surface area (Å²) in [5.74, 6) is -1.63. The molecule has 0 N–H and O–H groups in total. The zero-order valence-corrected chi connectivity index (χ0v) is 24.5. The molecular weight excluding hydrogens is 544 g/mol. The Bertz CT molecular complexity index is 976. The van der Waals surface area contributed by atoms with Gasteiger partial charge in [-0.25, -0.2) is 9.59 Å². The van der Waals surface area contributed by atoms with Gasteiger partial charge in [-0.15, -0.1) is 0 Å². The average Bonchev–Trinajstić information content (AvgIpc) is 3.02. The Kier molecular flexibility index (Phi) is 19.2. The number of methoxy groups -OCH3 is 2. The Hall–Kier alpha value is -3.38. The summed E-state index contributed by atoms with van der Waals surface area (Å²) in [7, 11) is 3.20. The van der Waals surface area contributed by atoms with Crippen LogP contribution in [-0.2, 0) is 47.5 Å². The number of ether oxygens (including phenoxy) is 8. The van der Waals surface area contributed by atoms with Crippen molar-refractivity contribution in [2.45, 2.75) is 0 Å². The van der Waals surface area contributed by atoms with Gasteiger partial charge in [-0.2, -0.15) is 0 Å². The monoisotopic (exact) mass is 586 g/mol. The van der Waals surface area contributed by atoms with Gasteiger partial charge in [-0.05, 0) is 22.8 Å². The lowest BCUT2D eigenvalue weighted by Crippen LogP contribution is -2.22. The van der Waals surface area contributed by atoms with Crippen molar-refractivity contribution in [3.63, 3.8) is 0 Å². The summed E-state index contributed by atoms with van der Waals surface area (Å²) in [4.78, 5) is 25.9. The highest BCUT2D eigenvalue weighted by Crippen LogP contribution is 2.23. The molecule has 2 aromatic rings. The van der Waals surface area contributed by atoms with E-state index in [1.54, 1.807) is 20.3 Å². The van der Waals surface area contributed by atoms with Crippen LogP contribution in [0, 0.1) is 0 Å². The number of esters is 2. The third-order valence-corrected chi connectivity index (χ3v) is 5.56. The number of carbonyl (C=O) groups excluding carboxylic acids is 2. The van der Waals surface area contributed by atoms with Crippen molar-refractivity contribution in [2.24, 2.45) is 0 Å². The Balaban J connectivity index is 2.03. The van der Waals surface area contributed by atoms with Gasteiger partial charge in [-0.3, -0.25) is 0 Å². The molecule has 0 aliphatic heterocycles. The van der Waals surface area contributed by atoms with Crippen molar-refractivity contribution in [2.75, 3.05) is 93.5 Å². The summed E-state index contributed by atoms with van der Waals surface area (Å²) < 4.78 is 42.0. The molecule has 0 aromatic heterocycles. The van der Waals surface area contributed by atoms with Crippen LogP contribution in [0.5, 0.6) is 0 Å². The van der Waals surface area contributed by atoms with Crippen molar-refractivity contribution < 1.29 is 47.5 Å². The van der Waals surface area contributed by atoms with Gasteiger partial charge in [0.15, 0.2) is 0 Å². The number of carbonyl (C=O) groups is 2. The smallest absolute Gasteiger partial charge is 0.345 e. The Labute approximate surface area is 248 Å². The van der Waals surface area contributed by atoms with Gasteiger partial charge < -0.3 is 37.9 Å². The third-order valence-electron chi connectivity index (χ3n) is 5.56. The van der Waals surface area contributed by atoms with Crippen LogP contribution >= 0.6 is 0 Å². The normalized spacial score (nSPS) is 10.6. The maximum absolute atomic E-state index is 13.0. The second kappa shape index (κ2) is 23.2. The second-order valence-electron chi connectivity index (χ2n) is 8.60. The molecule has 0 radical (unpaired) electrons. The predicted octanol–water partition coefficient (Wildman–Crippen LogP) is 3.49. The highest BCUT2D eigenvalue weighted by atomic mass is 16.6. The largest absolute Gasteiger partial charge is 0.459 e. The third kappa shape index (κ3) is 15.0. The van der Waals surface area contributed by atoms with Crippen molar-refractivity contribution in [1.82, 2.24) is 0 Å². The van der Waals surface area contributed by atoms with Crippen LogP contribution in [0.4, 0.5) is 0 Å². The first-order chi connectivity index (χ1) is 20.7. The number of allylic oxidation sites excluding steroid dienone is 2. The van der Waals surface area contributed by atoms with Gasteiger partial charge in [0.1, 0.15) is 18.8 Å². The minimum Gasteiger partial charge on any atom is -0.459 e. The molecular formula is C32H42O10. The van der Waals surface area contributed by atoms with E-state index < -0.39 is 11.9 Å². The standard InChI is InChI=1S/C32H42O10/c1-35-15-17-37-19-21-39-23-25-41-31(33)30(32(34)42-26-24-40-22-20-38-18-16-36-2)14-13-29(27-9-5-3-6-10-27)28-11-7-4-8-12-28/h3-14H,15-26H2,1-2H3. The summed E-state index contributed by atoms with van der Waals surface area (Å²) in [6.45, 7) is 3.63. The van der Waals surface area contributed by atoms with Crippen LogP contribution in [0.1, 0.15) is 11.1 Å².